The van der Waals surface area contributed by atoms with E-state index in [4.69, 9.17) is 15.2 Å². The number of nitrogens with two attached hydrogens (primary N) is 1. The second-order valence-electron chi connectivity index (χ2n) is 6.34. The standard InChI is InChI=1S/C17H24N2O4S/c18-12-17(6-1-2-7-17)19-16(20)5-10-24(21)13-3-4-14-15(11-13)23-9-8-22-14/h3-4,11H,1-2,5-10,12,18H2,(H,19,20). The fourth-order valence-corrected chi connectivity index (χ4v) is 4.32. The first-order valence-electron chi connectivity index (χ1n) is 8.41. The minimum atomic E-state index is -1.25. The SMILES string of the molecule is NCC1(NC(=O)CCS(=O)c2ccc3c(c2)OCCO3)CCCC1. The highest BCUT2D eigenvalue weighted by Gasteiger charge is 2.33. The quantitative estimate of drug-likeness (QED) is 0.806. The summed E-state index contributed by atoms with van der Waals surface area (Å²) >= 11 is 0. The van der Waals surface area contributed by atoms with E-state index in [1.54, 1.807) is 18.2 Å². The number of carbonyl (C=O) groups excluding carboxylic acids is 1. The molecular weight excluding hydrogens is 328 g/mol. The van der Waals surface area contributed by atoms with Gasteiger partial charge in [-0.2, -0.15) is 0 Å². The lowest BCUT2D eigenvalue weighted by Gasteiger charge is -2.28. The van der Waals surface area contributed by atoms with Crippen molar-refractivity contribution in [3.63, 3.8) is 0 Å². The highest BCUT2D eigenvalue weighted by molar-refractivity contribution is 7.85. The van der Waals surface area contributed by atoms with Gasteiger partial charge in [0.1, 0.15) is 13.2 Å². The number of amides is 1. The van der Waals surface area contributed by atoms with Gasteiger partial charge in [0.05, 0.1) is 16.3 Å². The van der Waals surface area contributed by atoms with Crippen molar-refractivity contribution in [1.29, 1.82) is 0 Å². The van der Waals surface area contributed by atoms with Gasteiger partial charge in [-0.15, -0.1) is 0 Å². The van der Waals surface area contributed by atoms with E-state index in [-0.39, 0.29) is 23.6 Å². The largest absolute Gasteiger partial charge is 0.486 e. The van der Waals surface area contributed by atoms with Crippen LogP contribution in [-0.4, -0.2) is 41.2 Å². The van der Waals surface area contributed by atoms with E-state index >= 15 is 0 Å². The van der Waals surface area contributed by atoms with Crippen molar-refractivity contribution in [2.24, 2.45) is 5.73 Å². The molecule has 1 saturated carbocycles. The Bertz CT molecular complexity index is 629. The molecule has 24 heavy (non-hydrogen) atoms. The molecule has 1 heterocycles. The lowest BCUT2D eigenvalue weighted by Crippen LogP contribution is -2.51. The summed E-state index contributed by atoms with van der Waals surface area (Å²) in [6.45, 7) is 1.48. The molecule has 1 aliphatic carbocycles. The van der Waals surface area contributed by atoms with E-state index in [0.717, 1.165) is 25.7 Å². The molecule has 3 N–H and O–H groups in total. The normalized spacial score (nSPS) is 19.7. The zero-order chi connectivity index (χ0) is 17.0. The monoisotopic (exact) mass is 352 g/mol. The minimum Gasteiger partial charge on any atom is -0.486 e. The van der Waals surface area contributed by atoms with Crippen molar-refractivity contribution >= 4 is 16.7 Å². The molecule has 0 aromatic heterocycles. The predicted molar refractivity (Wildman–Crippen MR) is 91.7 cm³/mol. The Kier molecular flexibility index (Phi) is 5.40. The Morgan fingerprint density at radius 2 is 1.92 bits per heavy atom. The van der Waals surface area contributed by atoms with Gasteiger partial charge in [-0.05, 0) is 25.0 Å². The van der Waals surface area contributed by atoms with Crippen LogP contribution in [-0.2, 0) is 15.6 Å². The summed E-state index contributed by atoms with van der Waals surface area (Å²) in [5.74, 6) is 1.50. The van der Waals surface area contributed by atoms with Gasteiger partial charge in [-0.3, -0.25) is 9.00 Å². The van der Waals surface area contributed by atoms with Gasteiger partial charge >= 0.3 is 0 Å². The van der Waals surface area contributed by atoms with Crippen molar-refractivity contribution in [3.8, 4) is 11.5 Å². The zero-order valence-corrected chi connectivity index (χ0v) is 14.5. The van der Waals surface area contributed by atoms with Gasteiger partial charge in [-0.1, -0.05) is 12.8 Å². The number of ether oxygens (including phenoxy) is 2. The van der Waals surface area contributed by atoms with Gasteiger partial charge in [-0.25, -0.2) is 0 Å². The van der Waals surface area contributed by atoms with Crippen LogP contribution in [0.15, 0.2) is 23.1 Å². The first kappa shape index (κ1) is 17.2. The Balaban J connectivity index is 1.54. The van der Waals surface area contributed by atoms with Crippen molar-refractivity contribution in [3.05, 3.63) is 18.2 Å². The number of carbonyl (C=O) groups is 1. The predicted octanol–water partition coefficient (Wildman–Crippen LogP) is 1.34. The summed E-state index contributed by atoms with van der Waals surface area (Å²) < 4.78 is 23.4. The van der Waals surface area contributed by atoms with Crippen LogP contribution in [0.5, 0.6) is 11.5 Å². The highest BCUT2D eigenvalue weighted by Crippen LogP contribution is 2.32. The number of hydrogen-bond donors (Lipinski definition) is 2. The lowest BCUT2D eigenvalue weighted by atomic mass is 9.98. The maximum absolute atomic E-state index is 12.4. The Morgan fingerprint density at radius 3 is 2.62 bits per heavy atom. The molecule has 1 unspecified atom stereocenters. The van der Waals surface area contributed by atoms with Crippen LogP contribution in [0.1, 0.15) is 32.1 Å². The molecule has 132 valence electrons. The van der Waals surface area contributed by atoms with E-state index in [0.29, 0.717) is 36.2 Å². The van der Waals surface area contributed by atoms with Gasteiger partial charge in [0.15, 0.2) is 11.5 Å². The second-order valence-corrected chi connectivity index (χ2v) is 7.92. The molecule has 2 aliphatic rings. The summed E-state index contributed by atoms with van der Waals surface area (Å²) in [7, 11) is -1.25. The molecule has 1 amide bonds. The van der Waals surface area contributed by atoms with Crippen LogP contribution in [0.25, 0.3) is 0 Å². The van der Waals surface area contributed by atoms with Gasteiger partial charge in [0.2, 0.25) is 5.91 Å². The van der Waals surface area contributed by atoms with E-state index in [9.17, 15) is 9.00 Å². The number of nitrogens with one attached hydrogen (secondary N) is 1. The summed E-state index contributed by atoms with van der Waals surface area (Å²) in [6.07, 6.45) is 4.28. The van der Waals surface area contributed by atoms with E-state index in [1.807, 2.05) is 0 Å². The first-order chi connectivity index (χ1) is 11.6. The van der Waals surface area contributed by atoms with Gasteiger partial charge < -0.3 is 20.5 Å². The average molecular weight is 352 g/mol. The molecule has 0 radical (unpaired) electrons. The first-order valence-corrected chi connectivity index (χ1v) is 9.73. The third-order valence-electron chi connectivity index (χ3n) is 4.65. The van der Waals surface area contributed by atoms with Crippen LogP contribution < -0.4 is 20.5 Å². The molecule has 0 saturated heterocycles. The molecule has 1 atom stereocenters. The van der Waals surface area contributed by atoms with Crippen LogP contribution in [0.3, 0.4) is 0 Å². The van der Waals surface area contributed by atoms with Crippen LogP contribution in [0, 0.1) is 0 Å². The molecule has 7 heteroatoms. The second kappa shape index (κ2) is 7.53. The third-order valence-corrected chi connectivity index (χ3v) is 6.00. The summed E-state index contributed by atoms with van der Waals surface area (Å²) in [6, 6.07) is 5.27. The summed E-state index contributed by atoms with van der Waals surface area (Å²) in [5, 5.41) is 3.06. The van der Waals surface area contributed by atoms with Crippen LogP contribution >= 0.6 is 0 Å². The van der Waals surface area contributed by atoms with Crippen molar-refractivity contribution in [1.82, 2.24) is 5.32 Å². The smallest absolute Gasteiger partial charge is 0.221 e. The zero-order valence-electron chi connectivity index (χ0n) is 13.7. The van der Waals surface area contributed by atoms with E-state index in [2.05, 4.69) is 5.32 Å². The number of fused-ring (bicyclic) bond motifs is 1. The van der Waals surface area contributed by atoms with E-state index in [1.165, 1.54) is 0 Å². The Labute approximate surface area is 144 Å². The maximum Gasteiger partial charge on any atom is 0.221 e. The van der Waals surface area contributed by atoms with Gasteiger partial charge in [0, 0.05) is 29.7 Å². The molecule has 1 aromatic rings. The fourth-order valence-electron chi connectivity index (χ4n) is 3.26. The Morgan fingerprint density at radius 1 is 1.21 bits per heavy atom. The average Bonchev–Trinajstić information content (AvgIpc) is 3.08. The molecule has 0 bridgehead atoms. The molecule has 3 rings (SSSR count). The molecule has 1 aliphatic heterocycles. The molecular formula is C17H24N2O4S. The van der Waals surface area contributed by atoms with Crippen molar-refractivity contribution in [2.75, 3.05) is 25.5 Å². The highest BCUT2D eigenvalue weighted by atomic mass is 32.2. The molecule has 6 nitrogen and oxygen atoms in total. The Hall–Kier alpha value is -1.60. The number of rotatable bonds is 6. The molecule has 0 spiro atoms. The fraction of sp³-hybridized carbons (Fsp3) is 0.588. The van der Waals surface area contributed by atoms with E-state index < -0.39 is 10.8 Å². The molecule has 1 aromatic carbocycles. The number of benzene rings is 1. The topological polar surface area (TPSA) is 90.7 Å². The van der Waals surface area contributed by atoms with Crippen LogP contribution in [0.4, 0.5) is 0 Å². The lowest BCUT2D eigenvalue weighted by molar-refractivity contribution is -0.122. The van der Waals surface area contributed by atoms with Crippen LogP contribution in [0.2, 0.25) is 0 Å². The maximum atomic E-state index is 12.4. The summed E-state index contributed by atoms with van der Waals surface area (Å²) in [4.78, 5) is 12.8. The molecule has 1 fully saturated rings. The van der Waals surface area contributed by atoms with Gasteiger partial charge in [0.25, 0.3) is 0 Å². The number of hydrogen-bond acceptors (Lipinski definition) is 5. The summed E-state index contributed by atoms with van der Waals surface area (Å²) in [5.41, 5.74) is 5.57. The van der Waals surface area contributed by atoms with Crippen molar-refractivity contribution in [2.45, 2.75) is 42.5 Å². The third kappa shape index (κ3) is 3.89. The minimum absolute atomic E-state index is 0.0757. The van der Waals surface area contributed by atoms with Crippen molar-refractivity contribution < 1.29 is 18.5 Å².